The standard InChI is InChI=1S/C16H25N3OS/c1-19-14(17-18-15(19)21-4-2-3-20)16-8-11-5-12(9-16)7-13(6-11)10-16/h11-13,20H,2-10H2,1H3. The summed E-state index contributed by atoms with van der Waals surface area (Å²) in [6, 6.07) is 0. The molecule has 4 bridgehead atoms. The van der Waals surface area contributed by atoms with Gasteiger partial charge in [-0.05, 0) is 62.7 Å². The van der Waals surface area contributed by atoms with Crippen molar-refractivity contribution in [3.63, 3.8) is 0 Å². The van der Waals surface area contributed by atoms with Crippen LogP contribution in [-0.2, 0) is 12.5 Å². The molecule has 0 radical (unpaired) electrons. The smallest absolute Gasteiger partial charge is 0.190 e. The largest absolute Gasteiger partial charge is 0.396 e. The fourth-order valence-corrected chi connectivity index (χ4v) is 6.35. The Kier molecular flexibility index (Phi) is 3.53. The molecule has 0 atom stereocenters. The van der Waals surface area contributed by atoms with E-state index in [4.69, 9.17) is 5.11 Å². The van der Waals surface area contributed by atoms with E-state index >= 15 is 0 Å². The third-order valence-electron chi connectivity index (χ3n) is 5.88. The molecule has 116 valence electrons. The summed E-state index contributed by atoms with van der Waals surface area (Å²) < 4.78 is 2.25. The number of rotatable bonds is 5. The van der Waals surface area contributed by atoms with Gasteiger partial charge in [0.15, 0.2) is 5.16 Å². The minimum Gasteiger partial charge on any atom is -0.396 e. The van der Waals surface area contributed by atoms with E-state index in [1.165, 1.54) is 44.3 Å². The molecule has 1 aromatic heterocycles. The van der Waals surface area contributed by atoms with Crippen LogP contribution < -0.4 is 0 Å². The van der Waals surface area contributed by atoms with Crippen molar-refractivity contribution in [2.75, 3.05) is 12.4 Å². The molecule has 21 heavy (non-hydrogen) atoms. The van der Waals surface area contributed by atoms with Gasteiger partial charge < -0.3 is 9.67 Å². The van der Waals surface area contributed by atoms with E-state index in [0.717, 1.165) is 35.1 Å². The molecule has 4 saturated carbocycles. The van der Waals surface area contributed by atoms with Crippen LogP contribution in [0.3, 0.4) is 0 Å². The summed E-state index contributed by atoms with van der Waals surface area (Å²) in [5, 5.41) is 19.0. The van der Waals surface area contributed by atoms with Crippen molar-refractivity contribution in [2.45, 2.75) is 55.5 Å². The molecule has 0 aliphatic heterocycles. The third kappa shape index (κ3) is 2.33. The van der Waals surface area contributed by atoms with Crippen LogP contribution in [0.25, 0.3) is 0 Å². The molecule has 4 fully saturated rings. The maximum Gasteiger partial charge on any atom is 0.190 e. The predicted molar refractivity (Wildman–Crippen MR) is 83.3 cm³/mol. The SMILES string of the molecule is Cn1c(SCCCO)nnc1C12CC3CC(CC(C3)C1)C2. The zero-order valence-electron chi connectivity index (χ0n) is 12.8. The van der Waals surface area contributed by atoms with Crippen LogP contribution in [0.5, 0.6) is 0 Å². The summed E-state index contributed by atoms with van der Waals surface area (Å²) in [7, 11) is 2.13. The molecule has 0 saturated heterocycles. The van der Waals surface area contributed by atoms with Crippen LogP contribution in [0, 0.1) is 17.8 Å². The average Bonchev–Trinajstić information content (AvgIpc) is 2.80. The van der Waals surface area contributed by atoms with Crippen molar-refractivity contribution >= 4 is 11.8 Å². The van der Waals surface area contributed by atoms with Crippen LogP contribution in [0.2, 0.25) is 0 Å². The Hall–Kier alpha value is -0.550. The van der Waals surface area contributed by atoms with Crippen LogP contribution in [0.15, 0.2) is 5.16 Å². The first-order valence-corrected chi connectivity index (χ1v) is 9.32. The van der Waals surface area contributed by atoms with Gasteiger partial charge in [-0.3, -0.25) is 0 Å². The monoisotopic (exact) mass is 307 g/mol. The van der Waals surface area contributed by atoms with Crippen molar-refractivity contribution in [3.8, 4) is 0 Å². The first-order chi connectivity index (χ1) is 10.2. The van der Waals surface area contributed by atoms with Crippen molar-refractivity contribution in [1.29, 1.82) is 0 Å². The molecule has 5 heteroatoms. The first-order valence-electron chi connectivity index (χ1n) is 8.34. The summed E-state index contributed by atoms with van der Waals surface area (Å²) in [6.07, 6.45) is 9.24. The molecule has 1 aromatic rings. The number of aliphatic hydroxyl groups excluding tert-OH is 1. The molecular weight excluding hydrogens is 282 g/mol. The lowest BCUT2D eigenvalue weighted by molar-refractivity contribution is -0.0109. The molecule has 0 aromatic carbocycles. The third-order valence-corrected chi connectivity index (χ3v) is 6.99. The second-order valence-corrected chi connectivity index (χ2v) is 8.55. The Labute approximate surface area is 130 Å². The number of hydrogen-bond donors (Lipinski definition) is 1. The van der Waals surface area contributed by atoms with Crippen LogP contribution in [0.4, 0.5) is 0 Å². The van der Waals surface area contributed by atoms with Gasteiger partial charge >= 0.3 is 0 Å². The average molecular weight is 307 g/mol. The van der Waals surface area contributed by atoms with E-state index in [1.54, 1.807) is 11.8 Å². The first kappa shape index (κ1) is 14.1. The second-order valence-electron chi connectivity index (χ2n) is 7.49. The molecule has 0 unspecified atom stereocenters. The Morgan fingerprint density at radius 1 is 1.14 bits per heavy atom. The fourth-order valence-electron chi connectivity index (χ4n) is 5.51. The van der Waals surface area contributed by atoms with Gasteiger partial charge in [0.2, 0.25) is 0 Å². The van der Waals surface area contributed by atoms with Gasteiger partial charge in [0.25, 0.3) is 0 Å². The topological polar surface area (TPSA) is 50.9 Å². The van der Waals surface area contributed by atoms with Gasteiger partial charge in [-0.25, -0.2) is 0 Å². The highest BCUT2D eigenvalue weighted by atomic mass is 32.2. The second kappa shape index (κ2) is 5.27. The lowest BCUT2D eigenvalue weighted by Gasteiger charge is -2.56. The van der Waals surface area contributed by atoms with E-state index < -0.39 is 0 Å². The van der Waals surface area contributed by atoms with Gasteiger partial charge in [0, 0.05) is 24.8 Å². The van der Waals surface area contributed by atoms with Crippen molar-refractivity contribution in [2.24, 2.45) is 24.8 Å². The number of nitrogens with zero attached hydrogens (tertiary/aromatic N) is 3. The Balaban J connectivity index is 1.59. The number of hydrogen-bond acceptors (Lipinski definition) is 4. The summed E-state index contributed by atoms with van der Waals surface area (Å²) in [5.74, 6) is 4.99. The van der Waals surface area contributed by atoms with Crippen molar-refractivity contribution in [3.05, 3.63) is 5.82 Å². The maximum absolute atomic E-state index is 8.92. The van der Waals surface area contributed by atoms with E-state index in [2.05, 4.69) is 21.8 Å². The van der Waals surface area contributed by atoms with E-state index in [9.17, 15) is 0 Å². The molecule has 1 N–H and O–H groups in total. The lowest BCUT2D eigenvalue weighted by Crippen LogP contribution is -2.49. The quantitative estimate of drug-likeness (QED) is 0.671. The zero-order valence-corrected chi connectivity index (χ0v) is 13.6. The number of aliphatic hydroxyl groups is 1. The Morgan fingerprint density at radius 2 is 1.76 bits per heavy atom. The van der Waals surface area contributed by atoms with Crippen molar-refractivity contribution in [1.82, 2.24) is 14.8 Å². The normalized spacial score (nSPS) is 37.3. The van der Waals surface area contributed by atoms with E-state index in [1.807, 2.05) is 0 Å². The number of thioether (sulfide) groups is 1. The fraction of sp³-hybridized carbons (Fsp3) is 0.875. The van der Waals surface area contributed by atoms with E-state index in [-0.39, 0.29) is 6.61 Å². The summed E-state index contributed by atoms with van der Waals surface area (Å²) in [4.78, 5) is 0. The van der Waals surface area contributed by atoms with Gasteiger partial charge in [0.05, 0.1) is 0 Å². The highest BCUT2D eigenvalue weighted by Crippen LogP contribution is 2.60. The zero-order chi connectivity index (χ0) is 14.4. The minimum atomic E-state index is 0.257. The van der Waals surface area contributed by atoms with Gasteiger partial charge in [0.1, 0.15) is 5.82 Å². The lowest BCUT2D eigenvalue weighted by atomic mass is 9.49. The number of aromatic nitrogens is 3. The molecule has 4 nitrogen and oxygen atoms in total. The minimum absolute atomic E-state index is 0.257. The van der Waals surface area contributed by atoms with Crippen LogP contribution >= 0.6 is 11.8 Å². The highest BCUT2D eigenvalue weighted by Gasteiger charge is 2.53. The Bertz CT molecular complexity index is 492. The molecule has 0 spiro atoms. The van der Waals surface area contributed by atoms with Crippen molar-refractivity contribution < 1.29 is 5.11 Å². The van der Waals surface area contributed by atoms with Crippen LogP contribution in [0.1, 0.15) is 50.8 Å². The molecular formula is C16H25N3OS. The van der Waals surface area contributed by atoms with E-state index in [0.29, 0.717) is 5.41 Å². The maximum atomic E-state index is 8.92. The van der Waals surface area contributed by atoms with Crippen LogP contribution in [-0.4, -0.2) is 32.2 Å². The van der Waals surface area contributed by atoms with Gasteiger partial charge in [-0.2, -0.15) is 0 Å². The molecule has 4 aliphatic carbocycles. The molecule has 5 rings (SSSR count). The predicted octanol–water partition coefficient (Wildman–Crippen LogP) is 2.76. The van der Waals surface area contributed by atoms with Gasteiger partial charge in [-0.1, -0.05) is 11.8 Å². The van der Waals surface area contributed by atoms with Gasteiger partial charge in [-0.15, -0.1) is 10.2 Å². The Morgan fingerprint density at radius 3 is 2.33 bits per heavy atom. The molecule has 0 amide bonds. The highest BCUT2D eigenvalue weighted by molar-refractivity contribution is 7.99. The molecule has 4 aliphatic rings. The summed E-state index contributed by atoms with van der Waals surface area (Å²) in [6.45, 7) is 0.257. The summed E-state index contributed by atoms with van der Waals surface area (Å²) >= 11 is 1.73. The molecule has 1 heterocycles. The summed E-state index contributed by atoms with van der Waals surface area (Å²) in [5.41, 5.74) is 0.326.